The molecular weight excluding hydrogens is 390 g/mol. The molecule has 0 radical (unpaired) electrons. The van der Waals surface area contributed by atoms with Crippen molar-refractivity contribution < 1.29 is 14.3 Å². The van der Waals surface area contributed by atoms with Crippen molar-refractivity contribution in [3.8, 4) is 0 Å². The number of nitrogens with zero attached hydrogens (tertiary/aromatic N) is 1. The molecule has 0 unspecified atom stereocenters. The number of nitrogens with one attached hydrogen (secondary N) is 2. The minimum atomic E-state index is -0.0530. The molecule has 2 aromatic rings. The van der Waals surface area contributed by atoms with E-state index in [9.17, 15) is 9.59 Å². The molecule has 1 aliphatic rings. The Morgan fingerprint density at radius 2 is 1.74 bits per heavy atom. The summed E-state index contributed by atoms with van der Waals surface area (Å²) in [6, 6.07) is 18.2. The Kier molecular flexibility index (Phi) is 8.06. The number of amides is 2. The van der Waals surface area contributed by atoms with Crippen LogP contribution in [0, 0.1) is 0 Å². The summed E-state index contributed by atoms with van der Waals surface area (Å²) < 4.78 is 6.31. The zero-order chi connectivity index (χ0) is 22.2. The molecule has 1 saturated heterocycles. The van der Waals surface area contributed by atoms with Gasteiger partial charge < -0.3 is 20.3 Å². The van der Waals surface area contributed by atoms with Gasteiger partial charge in [0, 0.05) is 39.3 Å². The molecule has 2 N–H and O–H groups in total. The Hall–Kier alpha value is -2.86. The molecule has 31 heavy (non-hydrogen) atoms. The van der Waals surface area contributed by atoms with Gasteiger partial charge in [-0.15, -0.1) is 0 Å². The lowest BCUT2D eigenvalue weighted by molar-refractivity contribution is -0.122. The van der Waals surface area contributed by atoms with E-state index in [1.165, 1.54) is 0 Å². The van der Waals surface area contributed by atoms with Crippen molar-refractivity contribution in [2.24, 2.45) is 0 Å². The highest BCUT2D eigenvalue weighted by Gasteiger charge is 2.30. The number of carbonyl (C=O) groups is 2. The van der Waals surface area contributed by atoms with Crippen LogP contribution in [-0.4, -0.2) is 44.6 Å². The normalized spacial score (nSPS) is 20.7. The molecule has 0 bridgehead atoms. The van der Waals surface area contributed by atoms with E-state index in [0.29, 0.717) is 19.4 Å². The van der Waals surface area contributed by atoms with Gasteiger partial charge in [-0.05, 0) is 42.5 Å². The molecule has 166 valence electrons. The molecule has 0 saturated carbocycles. The van der Waals surface area contributed by atoms with Crippen LogP contribution in [0.3, 0.4) is 0 Å². The molecule has 0 spiro atoms. The standard InChI is InChI=1S/C25H33N3O3/c1-18(29)27-21-16-23(31-24(17-21)20-7-5-4-6-8-20)13-14-26-25(30)15-19-9-11-22(12-10-19)28(2)3/h4-12,21,23-24H,13-17H2,1-3H3,(H,26,30)(H,27,29)/t21-,23+,24+/m0/s1. The number of rotatable bonds is 8. The zero-order valence-corrected chi connectivity index (χ0v) is 18.6. The number of ether oxygens (including phenoxy) is 1. The lowest BCUT2D eigenvalue weighted by Gasteiger charge is -2.36. The van der Waals surface area contributed by atoms with Gasteiger partial charge in [-0.1, -0.05) is 42.5 Å². The quantitative estimate of drug-likeness (QED) is 0.684. The molecule has 6 nitrogen and oxygen atoms in total. The van der Waals surface area contributed by atoms with Crippen LogP contribution in [0.2, 0.25) is 0 Å². The van der Waals surface area contributed by atoms with Crippen LogP contribution < -0.4 is 15.5 Å². The largest absolute Gasteiger partial charge is 0.378 e. The molecular formula is C25H33N3O3. The van der Waals surface area contributed by atoms with Crippen LogP contribution in [0.15, 0.2) is 54.6 Å². The van der Waals surface area contributed by atoms with E-state index in [4.69, 9.17) is 4.74 Å². The minimum absolute atomic E-state index is 0.00596. The number of hydrogen-bond acceptors (Lipinski definition) is 4. The second-order valence-corrected chi connectivity index (χ2v) is 8.40. The van der Waals surface area contributed by atoms with Gasteiger partial charge in [-0.25, -0.2) is 0 Å². The van der Waals surface area contributed by atoms with Crippen LogP contribution >= 0.6 is 0 Å². The summed E-state index contributed by atoms with van der Waals surface area (Å²) in [4.78, 5) is 26.0. The first-order chi connectivity index (χ1) is 14.9. The monoisotopic (exact) mass is 423 g/mol. The first-order valence-electron chi connectivity index (χ1n) is 10.9. The molecule has 1 heterocycles. The SMILES string of the molecule is CC(=O)N[C@H]1C[C@@H](CCNC(=O)Cc2ccc(N(C)C)cc2)O[C@@H](c2ccccc2)C1. The maximum absolute atomic E-state index is 12.3. The fourth-order valence-corrected chi connectivity index (χ4v) is 4.02. The Morgan fingerprint density at radius 3 is 2.39 bits per heavy atom. The Bertz CT molecular complexity index is 852. The van der Waals surface area contributed by atoms with Crippen LogP contribution in [0.4, 0.5) is 5.69 Å². The van der Waals surface area contributed by atoms with Crippen molar-refractivity contribution in [3.63, 3.8) is 0 Å². The van der Waals surface area contributed by atoms with Crippen LogP contribution in [-0.2, 0) is 20.7 Å². The van der Waals surface area contributed by atoms with Crippen molar-refractivity contribution in [3.05, 3.63) is 65.7 Å². The molecule has 3 rings (SSSR count). The predicted octanol–water partition coefficient (Wildman–Crippen LogP) is 3.23. The van der Waals surface area contributed by atoms with Gasteiger partial charge in [0.05, 0.1) is 18.6 Å². The van der Waals surface area contributed by atoms with Crippen molar-refractivity contribution in [2.75, 3.05) is 25.5 Å². The maximum atomic E-state index is 12.3. The highest BCUT2D eigenvalue weighted by molar-refractivity contribution is 5.78. The topological polar surface area (TPSA) is 70.7 Å². The highest BCUT2D eigenvalue weighted by atomic mass is 16.5. The van der Waals surface area contributed by atoms with Gasteiger partial charge in [0.15, 0.2) is 0 Å². The van der Waals surface area contributed by atoms with Crippen molar-refractivity contribution in [1.82, 2.24) is 10.6 Å². The smallest absolute Gasteiger partial charge is 0.224 e. The van der Waals surface area contributed by atoms with Gasteiger partial charge in [0.25, 0.3) is 0 Å². The average Bonchev–Trinajstić information content (AvgIpc) is 2.74. The summed E-state index contributed by atoms with van der Waals surface area (Å²) in [6.45, 7) is 2.10. The second kappa shape index (κ2) is 11.0. The molecule has 1 fully saturated rings. The lowest BCUT2D eigenvalue weighted by atomic mass is 9.93. The van der Waals surface area contributed by atoms with Gasteiger partial charge in [-0.2, -0.15) is 0 Å². The van der Waals surface area contributed by atoms with Crippen molar-refractivity contribution in [1.29, 1.82) is 0 Å². The van der Waals surface area contributed by atoms with E-state index in [0.717, 1.165) is 29.7 Å². The van der Waals surface area contributed by atoms with Gasteiger partial charge in [0.1, 0.15) is 0 Å². The average molecular weight is 424 g/mol. The maximum Gasteiger partial charge on any atom is 0.224 e. The van der Waals surface area contributed by atoms with E-state index in [2.05, 4.69) is 22.8 Å². The molecule has 3 atom stereocenters. The molecule has 2 aromatic carbocycles. The lowest BCUT2D eigenvalue weighted by Crippen LogP contribution is -2.43. The summed E-state index contributed by atoms with van der Waals surface area (Å²) in [5.74, 6) is -0.0162. The number of hydrogen-bond donors (Lipinski definition) is 2. The summed E-state index contributed by atoms with van der Waals surface area (Å²) in [7, 11) is 3.99. The second-order valence-electron chi connectivity index (χ2n) is 8.40. The van der Waals surface area contributed by atoms with Gasteiger partial charge in [0.2, 0.25) is 11.8 Å². The first kappa shape index (κ1) is 22.8. The molecule has 1 aliphatic heterocycles. The first-order valence-corrected chi connectivity index (χ1v) is 10.9. The summed E-state index contributed by atoms with van der Waals surface area (Å²) in [5.41, 5.74) is 3.22. The molecule has 0 aromatic heterocycles. The summed E-state index contributed by atoms with van der Waals surface area (Å²) >= 11 is 0. The van der Waals surface area contributed by atoms with E-state index in [-0.39, 0.29) is 30.1 Å². The molecule has 6 heteroatoms. The fraction of sp³-hybridized carbons (Fsp3) is 0.440. The predicted molar refractivity (Wildman–Crippen MR) is 123 cm³/mol. The zero-order valence-electron chi connectivity index (χ0n) is 18.6. The van der Waals surface area contributed by atoms with E-state index in [1.54, 1.807) is 6.92 Å². The summed E-state index contributed by atoms with van der Waals surface area (Å²) in [5, 5.41) is 6.06. The van der Waals surface area contributed by atoms with E-state index < -0.39 is 0 Å². The third-order valence-corrected chi connectivity index (χ3v) is 5.59. The third kappa shape index (κ3) is 7.10. The molecule has 2 amide bonds. The van der Waals surface area contributed by atoms with E-state index >= 15 is 0 Å². The van der Waals surface area contributed by atoms with Crippen molar-refractivity contribution >= 4 is 17.5 Å². The van der Waals surface area contributed by atoms with Crippen LogP contribution in [0.5, 0.6) is 0 Å². The number of carbonyl (C=O) groups excluding carboxylic acids is 2. The van der Waals surface area contributed by atoms with Crippen molar-refractivity contribution in [2.45, 2.75) is 50.9 Å². The third-order valence-electron chi connectivity index (χ3n) is 5.59. The van der Waals surface area contributed by atoms with E-state index in [1.807, 2.05) is 61.5 Å². The van der Waals surface area contributed by atoms with Crippen LogP contribution in [0.25, 0.3) is 0 Å². The Labute approximate surface area is 185 Å². The highest BCUT2D eigenvalue weighted by Crippen LogP contribution is 2.32. The number of anilines is 1. The minimum Gasteiger partial charge on any atom is -0.378 e. The van der Waals surface area contributed by atoms with Gasteiger partial charge in [-0.3, -0.25) is 9.59 Å². The Balaban J connectivity index is 1.50. The fourth-order valence-electron chi connectivity index (χ4n) is 4.02. The van der Waals surface area contributed by atoms with Crippen LogP contribution in [0.1, 0.15) is 43.4 Å². The molecule has 0 aliphatic carbocycles. The number of benzene rings is 2. The summed E-state index contributed by atoms with van der Waals surface area (Å²) in [6.07, 6.45) is 2.52. The van der Waals surface area contributed by atoms with Gasteiger partial charge >= 0.3 is 0 Å². The Morgan fingerprint density at radius 1 is 1.03 bits per heavy atom.